The van der Waals surface area contributed by atoms with Gasteiger partial charge in [-0.2, -0.15) is 0 Å². The molecule has 130 valence electrons. The van der Waals surface area contributed by atoms with Crippen LogP contribution in [0.15, 0.2) is 48.5 Å². The summed E-state index contributed by atoms with van der Waals surface area (Å²) in [5, 5.41) is 0. The maximum atomic E-state index is 12.7. The Morgan fingerprint density at radius 1 is 1.00 bits per heavy atom. The smallest absolute Gasteiger partial charge is 0.138 e. The maximum Gasteiger partial charge on any atom is 0.138 e. The van der Waals surface area contributed by atoms with Crippen LogP contribution in [0.25, 0.3) is 0 Å². The summed E-state index contributed by atoms with van der Waals surface area (Å²) >= 11 is 0. The number of fused-ring (bicyclic) bond motifs is 1. The third kappa shape index (κ3) is 3.04. The highest BCUT2D eigenvalue weighted by molar-refractivity contribution is 5.83. The number of rotatable bonds is 3. The molecule has 1 aliphatic heterocycles. The summed E-state index contributed by atoms with van der Waals surface area (Å²) in [5.41, 5.74) is 3.92. The van der Waals surface area contributed by atoms with Crippen molar-refractivity contribution in [2.45, 2.75) is 38.1 Å². The van der Waals surface area contributed by atoms with Crippen molar-refractivity contribution in [1.82, 2.24) is 0 Å². The van der Waals surface area contributed by atoms with Gasteiger partial charge >= 0.3 is 0 Å². The summed E-state index contributed by atoms with van der Waals surface area (Å²) in [5.74, 6) is 1.41. The van der Waals surface area contributed by atoms with Crippen molar-refractivity contribution in [3.63, 3.8) is 0 Å². The van der Waals surface area contributed by atoms with Crippen LogP contribution in [0.3, 0.4) is 0 Å². The molecule has 0 aromatic heterocycles. The Morgan fingerprint density at radius 3 is 2.56 bits per heavy atom. The number of hydrogen-bond donors (Lipinski definition) is 0. The van der Waals surface area contributed by atoms with Crippen LogP contribution in [0.5, 0.6) is 5.75 Å². The zero-order valence-electron chi connectivity index (χ0n) is 14.8. The number of carbonyl (C=O) groups excluding carboxylic acids is 1. The van der Waals surface area contributed by atoms with Crippen molar-refractivity contribution < 1.29 is 9.53 Å². The summed E-state index contributed by atoms with van der Waals surface area (Å²) in [6.45, 7) is 0.956. The number of ether oxygens (including phenoxy) is 1. The first-order chi connectivity index (χ1) is 12.3. The number of nitrogens with zero attached hydrogens (tertiary/aromatic N) is 1. The molecule has 1 heterocycles. The second-order valence-electron chi connectivity index (χ2n) is 7.10. The largest absolute Gasteiger partial charge is 0.497 e. The molecule has 2 aromatic rings. The number of carbonyl (C=O) groups is 1. The first-order valence-corrected chi connectivity index (χ1v) is 9.29. The molecule has 3 nitrogen and oxygen atoms in total. The lowest BCUT2D eigenvalue weighted by Crippen LogP contribution is -2.42. The topological polar surface area (TPSA) is 29.5 Å². The van der Waals surface area contributed by atoms with Crippen LogP contribution >= 0.6 is 0 Å². The van der Waals surface area contributed by atoms with Crippen molar-refractivity contribution in [1.29, 1.82) is 0 Å². The van der Waals surface area contributed by atoms with E-state index in [2.05, 4.69) is 41.3 Å². The molecule has 0 unspecified atom stereocenters. The normalized spacial score (nSPS) is 23.2. The Hall–Kier alpha value is -2.29. The number of ketones is 1. The molecule has 0 bridgehead atoms. The van der Waals surface area contributed by atoms with E-state index in [0.717, 1.165) is 44.4 Å². The molecule has 0 spiro atoms. The van der Waals surface area contributed by atoms with Crippen molar-refractivity contribution in [3.8, 4) is 5.75 Å². The molecule has 2 aromatic carbocycles. The lowest BCUT2D eigenvalue weighted by atomic mass is 9.76. The molecule has 2 atom stereocenters. The first kappa shape index (κ1) is 16.2. The fourth-order valence-corrected chi connectivity index (χ4v) is 4.44. The monoisotopic (exact) mass is 335 g/mol. The maximum absolute atomic E-state index is 12.7. The molecule has 0 radical (unpaired) electrons. The Bertz CT molecular complexity index is 753. The van der Waals surface area contributed by atoms with Crippen molar-refractivity contribution >= 4 is 11.5 Å². The van der Waals surface area contributed by atoms with Crippen LogP contribution in [-0.4, -0.2) is 19.4 Å². The van der Waals surface area contributed by atoms with Gasteiger partial charge in [0.05, 0.1) is 13.2 Å². The van der Waals surface area contributed by atoms with Crippen LogP contribution in [0.4, 0.5) is 5.69 Å². The van der Waals surface area contributed by atoms with E-state index in [0.29, 0.717) is 5.78 Å². The lowest BCUT2D eigenvalue weighted by Gasteiger charge is -2.43. The highest BCUT2D eigenvalue weighted by Crippen LogP contribution is 2.42. The molecular formula is C22H25NO2. The van der Waals surface area contributed by atoms with E-state index in [1.807, 2.05) is 12.1 Å². The fraction of sp³-hybridized carbons (Fsp3) is 0.409. The predicted molar refractivity (Wildman–Crippen MR) is 100 cm³/mol. The predicted octanol–water partition coefficient (Wildman–Crippen LogP) is 4.56. The van der Waals surface area contributed by atoms with Gasteiger partial charge in [-0.15, -0.1) is 0 Å². The molecule has 0 N–H and O–H groups in total. The van der Waals surface area contributed by atoms with E-state index in [4.69, 9.17) is 4.74 Å². The number of methoxy groups -OCH3 is 1. The molecule has 1 fully saturated rings. The van der Waals surface area contributed by atoms with Gasteiger partial charge in [-0.05, 0) is 54.7 Å². The van der Waals surface area contributed by atoms with Gasteiger partial charge in [0, 0.05) is 24.6 Å². The highest BCUT2D eigenvalue weighted by atomic mass is 16.5. The van der Waals surface area contributed by atoms with Crippen molar-refractivity contribution in [2.75, 3.05) is 18.6 Å². The van der Waals surface area contributed by atoms with Crippen LogP contribution in [-0.2, 0) is 11.2 Å². The highest BCUT2D eigenvalue weighted by Gasteiger charge is 2.38. The summed E-state index contributed by atoms with van der Waals surface area (Å²) in [7, 11) is 1.69. The van der Waals surface area contributed by atoms with Crippen LogP contribution < -0.4 is 9.64 Å². The van der Waals surface area contributed by atoms with Gasteiger partial charge in [-0.1, -0.05) is 30.7 Å². The molecular weight excluding hydrogens is 310 g/mol. The van der Waals surface area contributed by atoms with E-state index < -0.39 is 0 Å². The van der Waals surface area contributed by atoms with E-state index in [9.17, 15) is 4.79 Å². The minimum atomic E-state index is 0.109. The summed E-state index contributed by atoms with van der Waals surface area (Å²) in [4.78, 5) is 15.2. The standard InChI is InChI=1S/C22H25NO2/c1-25-18-12-10-17(11-13-18)23-15-14-16-6-2-3-7-19(16)22(23)20-8-4-5-9-21(20)24/h2-3,6-7,10-13,20,22H,4-5,8-9,14-15H2,1H3/t20-,22+/m0/s1. The molecule has 2 aliphatic rings. The van der Waals surface area contributed by atoms with Crippen LogP contribution in [0.2, 0.25) is 0 Å². The van der Waals surface area contributed by atoms with E-state index in [1.165, 1.54) is 16.8 Å². The third-order valence-corrected chi connectivity index (χ3v) is 5.72. The lowest BCUT2D eigenvalue weighted by molar-refractivity contribution is -0.125. The van der Waals surface area contributed by atoms with E-state index >= 15 is 0 Å². The number of anilines is 1. The van der Waals surface area contributed by atoms with Crippen molar-refractivity contribution in [3.05, 3.63) is 59.7 Å². The number of Topliss-reactive ketones (excluding diaryl/α,β-unsaturated/α-hetero) is 1. The first-order valence-electron chi connectivity index (χ1n) is 9.29. The third-order valence-electron chi connectivity index (χ3n) is 5.72. The zero-order chi connectivity index (χ0) is 17.2. The summed E-state index contributed by atoms with van der Waals surface area (Å²) in [6, 6.07) is 17.1. The Balaban J connectivity index is 1.75. The van der Waals surface area contributed by atoms with Gasteiger partial charge in [0.15, 0.2) is 0 Å². The van der Waals surface area contributed by atoms with E-state index in [-0.39, 0.29) is 12.0 Å². The molecule has 0 amide bonds. The summed E-state index contributed by atoms with van der Waals surface area (Å²) < 4.78 is 5.30. The van der Waals surface area contributed by atoms with Crippen LogP contribution in [0.1, 0.15) is 42.9 Å². The zero-order valence-corrected chi connectivity index (χ0v) is 14.8. The Labute approximate surface area is 149 Å². The molecule has 3 heteroatoms. The second kappa shape index (κ2) is 6.91. The molecule has 4 rings (SSSR count). The molecule has 1 aliphatic carbocycles. The average molecular weight is 335 g/mol. The van der Waals surface area contributed by atoms with Crippen LogP contribution in [0, 0.1) is 5.92 Å². The van der Waals surface area contributed by atoms with Gasteiger partial charge < -0.3 is 9.64 Å². The van der Waals surface area contributed by atoms with Gasteiger partial charge in [-0.3, -0.25) is 4.79 Å². The fourth-order valence-electron chi connectivity index (χ4n) is 4.44. The van der Waals surface area contributed by atoms with Gasteiger partial charge in [-0.25, -0.2) is 0 Å². The Kier molecular flexibility index (Phi) is 4.48. The van der Waals surface area contributed by atoms with Gasteiger partial charge in [0.25, 0.3) is 0 Å². The molecule has 0 saturated heterocycles. The number of benzene rings is 2. The summed E-state index contributed by atoms with van der Waals surface area (Å²) in [6.07, 6.45) is 4.97. The van der Waals surface area contributed by atoms with Gasteiger partial charge in [0.2, 0.25) is 0 Å². The quantitative estimate of drug-likeness (QED) is 0.823. The molecule has 25 heavy (non-hydrogen) atoms. The average Bonchev–Trinajstić information content (AvgIpc) is 2.68. The minimum absolute atomic E-state index is 0.109. The Morgan fingerprint density at radius 2 is 1.80 bits per heavy atom. The van der Waals surface area contributed by atoms with Gasteiger partial charge in [0.1, 0.15) is 11.5 Å². The van der Waals surface area contributed by atoms with E-state index in [1.54, 1.807) is 7.11 Å². The molecule has 1 saturated carbocycles. The second-order valence-corrected chi connectivity index (χ2v) is 7.10. The SMILES string of the molecule is COc1ccc(N2CCc3ccccc3[C@@H]2[C@H]2CCCCC2=O)cc1. The number of hydrogen-bond acceptors (Lipinski definition) is 3. The van der Waals surface area contributed by atoms with Crippen molar-refractivity contribution in [2.24, 2.45) is 5.92 Å². The minimum Gasteiger partial charge on any atom is -0.497 e.